The van der Waals surface area contributed by atoms with Crippen LogP contribution in [0, 0.1) is 0 Å². The molecule has 2 N–H and O–H groups in total. The van der Waals surface area contributed by atoms with Crippen LogP contribution in [0.3, 0.4) is 0 Å². The first-order valence-corrected chi connectivity index (χ1v) is 3.51. The fraction of sp³-hybridized carbons (Fsp3) is 1.00. The SMILES string of the molecule is CC(C)(C)N1CC(N)C1.Cl. The molecule has 2 nitrogen and oxygen atoms in total. The summed E-state index contributed by atoms with van der Waals surface area (Å²) < 4.78 is 0. The summed E-state index contributed by atoms with van der Waals surface area (Å²) in [6, 6.07) is 0.434. The maximum atomic E-state index is 5.62. The molecule has 0 bridgehead atoms. The van der Waals surface area contributed by atoms with Crippen molar-refractivity contribution < 1.29 is 0 Å². The molecule has 62 valence electrons. The lowest BCUT2D eigenvalue weighted by Crippen LogP contribution is -2.62. The van der Waals surface area contributed by atoms with Crippen LogP contribution in [0.1, 0.15) is 20.8 Å². The van der Waals surface area contributed by atoms with E-state index in [2.05, 4.69) is 25.7 Å². The highest BCUT2D eigenvalue weighted by Crippen LogP contribution is 2.19. The summed E-state index contributed by atoms with van der Waals surface area (Å²) in [5.74, 6) is 0. The molecule has 0 spiro atoms. The first-order valence-electron chi connectivity index (χ1n) is 3.51. The van der Waals surface area contributed by atoms with E-state index in [9.17, 15) is 0 Å². The molecular formula is C7H17ClN2. The van der Waals surface area contributed by atoms with Gasteiger partial charge in [0.1, 0.15) is 0 Å². The lowest BCUT2D eigenvalue weighted by molar-refractivity contribution is 0.0496. The van der Waals surface area contributed by atoms with Crippen molar-refractivity contribution in [3.63, 3.8) is 0 Å². The molecule has 1 rings (SSSR count). The molecule has 0 amide bonds. The van der Waals surface area contributed by atoms with Gasteiger partial charge in [-0.2, -0.15) is 0 Å². The van der Waals surface area contributed by atoms with Gasteiger partial charge in [0.05, 0.1) is 0 Å². The lowest BCUT2D eigenvalue weighted by atomic mass is 9.98. The van der Waals surface area contributed by atoms with E-state index in [0.717, 1.165) is 13.1 Å². The van der Waals surface area contributed by atoms with Gasteiger partial charge in [-0.25, -0.2) is 0 Å². The maximum absolute atomic E-state index is 5.62. The Balaban J connectivity index is 0.000000810. The fourth-order valence-corrected chi connectivity index (χ4v) is 1.06. The lowest BCUT2D eigenvalue weighted by Gasteiger charge is -2.46. The molecule has 0 aliphatic carbocycles. The summed E-state index contributed by atoms with van der Waals surface area (Å²) in [5.41, 5.74) is 5.95. The van der Waals surface area contributed by atoms with Crippen molar-refractivity contribution in [2.24, 2.45) is 5.73 Å². The zero-order valence-corrected chi connectivity index (χ0v) is 7.74. The molecule has 0 atom stereocenters. The smallest absolute Gasteiger partial charge is 0.0297 e. The normalized spacial score (nSPS) is 21.6. The third-order valence-electron chi connectivity index (χ3n) is 1.86. The average Bonchev–Trinajstić information content (AvgIpc) is 1.55. The standard InChI is InChI=1S/C7H16N2.ClH/c1-7(2,3)9-4-6(8)5-9;/h6H,4-5,8H2,1-3H3;1H. The van der Waals surface area contributed by atoms with Crippen LogP contribution in [-0.2, 0) is 0 Å². The number of rotatable bonds is 0. The van der Waals surface area contributed by atoms with Crippen LogP contribution < -0.4 is 5.73 Å². The van der Waals surface area contributed by atoms with Gasteiger partial charge in [-0.05, 0) is 20.8 Å². The van der Waals surface area contributed by atoms with Crippen LogP contribution in [-0.4, -0.2) is 29.6 Å². The van der Waals surface area contributed by atoms with Gasteiger partial charge in [0.15, 0.2) is 0 Å². The van der Waals surface area contributed by atoms with Gasteiger partial charge >= 0.3 is 0 Å². The molecule has 0 aromatic rings. The average molecular weight is 165 g/mol. The van der Waals surface area contributed by atoms with Gasteiger partial charge in [0, 0.05) is 24.7 Å². The predicted octanol–water partition coefficient (Wildman–Crippen LogP) is 0.850. The van der Waals surface area contributed by atoms with Crippen molar-refractivity contribution in [1.29, 1.82) is 0 Å². The Kier molecular flexibility index (Phi) is 3.14. The highest BCUT2D eigenvalue weighted by atomic mass is 35.5. The number of hydrogen-bond acceptors (Lipinski definition) is 2. The molecule has 1 heterocycles. The third-order valence-corrected chi connectivity index (χ3v) is 1.86. The van der Waals surface area contributed by atoms with Crippen molar-refractivity contribution in [2.45, 2.75) is 32.4 Å². The Morgan fingerprint density at radius 3 is 1.80 bits per heavy atom. The van der Waals surface area contributed by atoms with Crippen LogP contribution in [0.5, 0.6) is 0 Å². The fourth-order valence-electron chi connectivity index (χ4n) is 1.06. The Morgan fingerprint density at radius 2 is 1.70 bits per heavy atom. The summed E-state index contributed by atoms with van der Waals surface area (Å²) in [5, 5.41) is 0. The molecule has 1 aliphatic heterocycles. The highest BCUT2D eigenvalue weighted by molar-refractivity contribution is 5.85. The van der Waals surface area contributed by atoms with E-state index in [0.29, 0.717) is 11.6 Å². The van der Waals surface area contributed by atoms with Gasteiger partial charge in [0.25, 0.3) is 0 Å². The summed E-state index contributed by atoms with van der Waals surface area (Å²) in [7, 11) is 0. The van der Waals surface area contributed by atoms with E-state index >= 15 is 0 Å². The zero-order chi connectivity index (χ0) is 7.07. The van der Waals surface area contributed by atoms with Gasteiger partial charge in [-0.15, -0.1) is 12.4 Å². The van der Waals surface area contributed by atoms with Crippen LogP contribution in [0.2, 0.25) is 0 Å². The molecule has 1 fully saturated rings. The van der Waals surface area contributed by atoms with Gasteiger partial charge in [0.2, 0.25) is 0 Å². The molecule has 1 aliphatic rings. The quantitative estimate of drug-likeness (QED) is 0.575. The number of halogens is 1. The second-order valence-electron chi connectivity index (χ2n) is 3.84. The van der Waals surface area contributed by atoms with Crippen molar-refractivity contribution in [3.05, 3.63) is 0 Å². The van der Waals surface area contributed by atoms with E-state index in [1.807, 2.05) is 0 Å². The van der Waals surface area contributed by atoms with Gasteiger partial charge < -0.3 is 5.73 Å². The highest BCUT2D eigenvalue weighted by Gasteiger charge is 2.31. The Hall–Kier alpha value is 0.210. The van der Waals surface area contributed by atoms with Crippen LogP contribution in [0.15, 0.2) is 0 Å². The molecule has 0 saturated carbocycles. The largest absolute Gasteiger partial charge is 0.325 e. The van der Waals surface area contributed by atoms with Crippen molar-refractivity contribution in [3.8, 4) is 0 Å². The number of nitrogens with two attached hydrogens (primary N) is 1. The number of hydrogen-bond donors (Lipinski definition) is 1. The number of likely N-dealkylation sites (tertiary alicyclic amines) is 1. The Bertz CT molecular complexity index is 103. The van der Waals surface area contributed by atoms with Crippen LogP contribution in [0.25, 0.3) is 0 Å². The summed E-state index contributed by atoms with van der Waals surface area (Å²) in [4.78, 5) is 2.39. The second-order valence-corrected chi connectivity index (χ2v) is 3.84. The molecular weight excluding hydrogens is 148 g/mol. The van der Waals surface area contributed by atoms with Crippen LogP contribution in [0.4, 0.5) is 0 Å². The first kappa shape index (κ1) is 10.2. The molecule has 0 aromatic heterocycles. The molecule has 0 aromatic carbocycles. The van der Waals surface area contributed by atoms with E-state index < -0.39 is 0 Å². The van der Waals surface area contributed by atoms with Crippen molar-refractivity contribution in [2.75, 3.05) is 13.1 Å². The molecule has 3 heteroatoms. The topological polar surface area (TPSA) is 29.3 Å². The Labute approximate surface area is 69.2 Å². The monoisotopic (exact) mass is 164 g/mol. The second kappa shape index (κ2) is 3.07. The van der Waals surface area contributed by atoms with E-state index in [-0.39, 0.29) is 12.4 Å². The Morgan fingerprint density at radius 1 is 1.30 bits per heavy atom. The zero-order valence-electron chi connectivity index (χ0n) is 6.92. The minimum absolute atomic E-state index is 0. The van der Waals surface area contributed by atoms with Crippen molar-refractivity contribution >= 4 is 12.4 Å². The van der Waals surface area contributed by atoms with E-state index in [4.69, 9.17) is 5.73 Å². The van der Waals surface area contributed by atoms with Gasteiger partial charge in [-0.1, -0.05) is 0 Å². The number of nitrogens with zero attached hydrogens (tertiary/aromatic N) is 1. The molecule has 10 heavy (non-hydrogen) atoms. The molecule has 0 radical (unpaired) electrons. The van der Waals surface area contributed by atoms with Crippen molar-refractivity contribution in [1.82, 2.24) is 4.90 Å². The summed E-state index contributed by atoms with van der Waals surface area (Å²) in [6.07, 6.45) is 0. The molecule has 1 saturated heterocycles. The van der Waals surface area contributed by atoms with E-state index in [1.54, 1.807) is 0 Å². The minimum Gasteiger partial charge on any atom is -0.325 e. The van der Waals surface area contributed by atoms with Gasteiger partial charge in [-0.3, -0.25) is 4.90 Å². The maximum Gasteiger partial charge on any atom is 0.0297 e. The summed E-state index contributed by atoms with van der Waals surface area (Å²) in [6.45, 7) is 8.81. The van der Waals surface area contributed by atoms with E-state index in [1.165, 1.54) is 0 Å². The third kappa shape index (κ3) is 2.11. The van der Waals surface area contributed by atoms with Crippen LogP contribution >= 0.6 is 12.4 Å². The predicted molar refractivity (Wildman–Crippen MR) is 46.5 cm³/mol. The minimum atomic E-state index is 0. The summed E-state index contributed by atoms with van der Waals surface area (Å²) >= 11 is 0. The first-order chi connectivity index (χ1) is 4.00. The molecule has 0 unspecified atom stereocenters.